The maximum atomic E-state index is 5.30. The van der Waals surface area contributed by atoms with Gasteiger partial charge in [0.25, 0.3) is 0 Å². The maximum absolute atomic E-state index is 5.30. The van der Waals surface area contributed by atoms with Crippen LogP contribution in [0.5, 0.6) is 11.5 Å². The average Bonchev–Trinajstić information content (AvgIpc) is 2.29. The summed E-state index contributed by atoms with van der Waals surface area (Å²) in [6, 6.07) is 5.83. The molecule has 0 fully saturated rings. The predicted octanol–water partition coefficient (Wildman–Crippen LogP) is 2.20. The fraction of sp³-hybridized carbons (Fsp3) is 0.500. The molecule has 0 aromatic heterocycles. The van der Waals surface area contributed by atoms with Crippen molar-refractivity contribution in [1.29, 1.82) is 0 Å². The van der Waals surface area contributed by atoms with Gasteiger partial charge in [-0.15, -0.1) is 0 Å². The lowest BCUT2D eigenvalue weighted by Crippen LogP contribution is -2.15. The third kappa shape index (κ3) is 3.13. The first-order chi connectivity index (χ1) is 7.33. The van der Waals surface area contributed by atoms with E-state index in [0.717, 1.165) is 36.6 Å². The number of benzene rings is 1. The molecule has 1 rings (SSSR count). The average molecular weight is 209 g/mol. The van der Waals surface area contributed by atoms with E-state index >= 15 is 0 Å². The van der Waals surface area contributed by atoms with E-state index < -0.39 is 0 Å². The minimum Gasteiger partial charge on any atom is -0.496 e. The first kappa shape index (κ1) is 11.9. The molecule has 0 radical (unpaired) electrons. The smallest absolute Gasteiger partial charge is 0.127 e. The van der Waals surface area contributed by atoms with E-state index in [1.165, 1.54) is 0 Å². The summed E-state index contributed by atoms with van der Waals surface area (Å²) in [6.07, 6.45) is 1.12. The molecule has 15 heavy (non-hydrogen) atoms. The molecular weight excluding hydrogens is 190 g/mol. The van der Waals surface area contributed by atoms with Gasteiger partial charge in [-0.05, 0) is 25.1 Å². The molecule has 0 aliphatic carbocycles. The molecule has 1 aromatic rings. The van der Waals surface area contributed by atoms with Crippen molar-refractivity contribution in [3.63, 3.8) is 0 Å². The molecule has 0 heterocycles. The van der Waals surface area contributed by atoms with Crippen molar-refractivity contribution in [1.82, 2.24) is 5.32 Å². The van der Waals surface area contributed by atoms with E-state index in [1.807, 2.05) is 18.2 Å². The Balaban J connectivity index is 2.80. The van der Waals surface area contributed by atoms with Crippen LogP contribution < -0.4 is 14.8 Å². The summed E-state index contributed by atoms with van der Waals surface area (Å²) in [4.78, 5) is 0. The molecule has 1 aromatic carbocycles. The van der Waals surface area contributed by atoms with Crippen LogP contribution in [0.25, 0.3) is 0 Å². The van der Waals surface area contributed by atoms with Crippen LogP contribution in [0.1, 0.15) is 18.9 Å². The van der Waals surface area contributed by atoms with Gasteiger partial charge in [0.1, 0.15) is 11.5 Å². The molecule has 0 amide bonds. The van der Waals surface area contributed by atoms with Gasteiger partial charge in [0, 0.05) is 12.1 Å². The highest BCUT2D eigenvalue weighted by Crippen LogP contribution is 2.27. The number of hydrogen-bond donors (Lipinski definition) is 1. The summed E-state index contributed by atoms with van der Waals surface area (Å²) in [5.41, 5.74) is 1.08. The van der Waals surface area contributed by atoms with Crippen LogP contribution in [0.4, 0.5) is 0 Å². The summed E-state index contributed by atoms with van der Waals surface area (Å²) in [5.74, 6) is 1.75. The van der Waals surface area contributed by atoms with Gasteiger partial charge >= 0.3 is 0 Å². The Kier molecular flexibility index (Phi) is 4.98. The fourth-order valence-electron chi connectivity index (χ4n) is 1.49. The van der Waals surface area contributed by atoms with Crippen molar-refractivity contribution in [2.75, 3.05) is 20.8 Å². The van der Waals surface area contributed by atoms with E-state index in [4.69, 9.17) is 9.47 Å². The van der Waals surface area contributed by atoms with Crippen LogP contribution in [-0.4, -0.2) is 20.8 Å². The van der Waals surface area contributed by atoms with Gasteiger partial charge in [0.2, 0.25) is 0 Å². The van der Waals surface area contributed by atoms with Crippen LogP contribution in [0.3, 0.4) is 0 Å². The molecule has 3 nitrogen and oxygen atoms in total. The zero-order valence-corrected chi connectivity index (χ0v) is 9.67. The van der Waals surface area contributed by atoms with Crippen molar-refractivity contribution in [2.45, 2.75) is 19.9 Å². The Morgan fingerprint density at radius 3 is 2.20 bits per heavy atom. The Morgan fingerprint density at radius 1 is 1.13 bits per heavy atom. The lowest BCUT2D eigenvalue weighted by Gasteiger charge is -2.13. The molecule has 1 N–H and O–H groups in total. The van der Waals surface area contributed by atoms with E-state index in [1.54, 1.807) is 14.2 Å². The van der Waals surface area contributed by atoms with Crippen molar-refractivity contribution >= 4 is 0 Å². The van der Waals surface area contributed by atoms with Gasteiger partial charge in [0.05, 0.1) is 14.2 Å². The fourth-order valence-corrected chi connectivity index (χ4v) is 1.49. The number of methoxy groups -OCH3 is 2. The van der Waals surface area contributed by atoms with Crippen molar-refractivity contribution < 1.29 is 9.47 Å². The van der Waals surface area contributed by atoms with Crippen LogP contribution in [0, 0.1) is 0 Å². The third-order valence-corrected chi connectivity index (χ3v) is 2.26. The second-order valence-corrected chi connectivity index (χ2v) is 3.32. The molecule has 0 unspecified atom stereocenters. The molecule has 84 valence electrons. The van der Waals surface area contributed by atoms with Crippen molar-refractivity contribution in [2.24, 2.45) is 0 Å². The second kappa shape index (κ2) is 6.30. The lowest BCUT2D eigenvalue weighted by atomic mass is 10.1. The van der Waals surface area contributed by atoms with Crippen LogP contribution in [0.2, 0.25) is 0 Å². The van der Waals surface area contributed by atoms with Gasteiger partial charge in [-0.1, -0.05) is 13.0 Å². The Bertz CT molecular complexity index is 277. The first-order valence-electron chi connectivity index (χ1n) is 5.24. The summed E-state index contributed by atoms with van der Waals surface area (Å²) in [7, 11) is 3.36. The Labute approximate surface area is 91.4 Å². The van der Waals surface area contributed by atoms with E-state index in [9.17, 15) is 0 Å². The number of nitrogens with one attached hydrogen (secondary N) is 1. The van der Waals surface area contributed by atoms with Gasteiger partial charge in [-0.25, -0.2) is 0 Å². The normalized spacial score (nSPS) is 10.1. The summed E-state index contributed by atoms with van der Waals surface area (Å²) in [6.45, 7) is 3.93. The Hall–Kier alpha value is -1.22. The highest BCUT2D eigenvalue weighted by atomic mass is 16.5. The Morgan fingerprint density at radius 2 is 1.73 bits per heavy atom. The maximum Gasteiger partial charge on any atom is 0.127 e. The summed E-state index contributed by atoms with van der Waals surface area (Å²) >= 11 is 0. The van der Waals surface area contributed by atoms with Crippen molar-refractivity contribution in [3.8, 4) is 11.5 Å². The van der Waals surface area contributed by atoms with E-state index in [0.29, 0.717) is 0 Å². The SMILES string of the molecule is CCCNCc1c(OC)cccc1OC. The predicted molar refractivity (Wildman–Crippen MR) is 61.5 cm³/mol. The van der Waals surface area contributed by atoms with E-state index in [2.05, 4.69) is 12.2 Å². The first-order valence-corrected chi connectivity index (χ1v) is 5.24. The highest BCUT2D eigenvalue weighted by Gasteiger charge is 2.08. The monoisotopic (exact) mass is 209 g/mol. The zero-order chi connectivity index (χ0) is 11.1. The minimum atomic E-state index is 0.779. The number of rotatable bonds is 6. The molecule has 0 aliphatic rings. The molecule has 0 saturated carbocycles. The molecule has 0 atom stereocenters. The largest absolute Gasteiger partial charge is 0.496 e. The molecule has 0 aliphatic heterocycles. The molecule has 0 bridgehead atoms. The van der Waals surface area contributed by atoms with E-state index in [-0.39, 0.29) is 0 Å². The zero-order valence-electron chi connectivity index (χ0n) is 9.67. The quantitative estimate of drug-likeness (QED) is 0.729. The van der Waals surface area contributed by atoms with Gasteiger partial charge < -0.3 is 14.8 Å². The lowest BCUT2D eigenvalue weighted by molar-refractivity contribution is 0.382. The summed E-state index contributed by atoms with van der Waals surface area (Å²) < 4.78 is 10.6. The van der Waals surface area contributed by atoms with Crippen LogP contribution in [0.15, 0.2) is 18.2 Å². The van der Waals surface area contributed by atoms with Gasteiger partial charge in [0.15, 0.2) is 0 Å². The highest BCUT2D eigenvalue weighted by molar-refractivity contribution is 5.44. The molecule has 0 saturated heterocycles. The number of hydrogen-bond acceptors (Lipinski definition) is 3. The molecule has 0 spiro atoms. The second-order valence-electron chi connectivity index (χ2n) is 3.32. The third-order valence-electron chi connectivity index (χ3n) is 2.26. The topological polar surface area (TPSA) is 30.5 Å². The summed E-state index contributed by atoms with van der Waals surface area (Å²) in [5, 5.41) is 3.34. The number of ether oxygens (including phenoxy) is 2. The molecule has 3 heteroatoms. The van der Waals surface area contributed by atoms with Crippen molar-refractivity contribution in [3.05, 3.63) is 23.8 Å². The van der Waals surface area contributed by atoms with Crippen LogP contribution in [-0.2, 0) is 6.54 Å². The van der Waals surface area contributed by atoms with Gasteiger partial charge in [-0.3, -0.25) is 0 Å². The van der Waals surface area contributed by atoms with Gasteiger partial charge in [-0.2, -0.15) is 0 Å². The van der Waals surface area contributed by atoms with Crippen LogP contribution >= 0.6 is 0 Å². The minimum absolute atomic E-state index is 0.779. The molecular formula is C12H19NO2. The standard InChI is InChI=1S/C12H19NO2/c1-4-8-13-9-10-11(14-2)6-5-7-12(10)15-3/h5-7,13H,4,8-9H2,1-3H3.